The van der Waals surface area contributed by atoms with Crippen molar-refractivity contribution in [3.05, 3.63) is 16.4 Å². The molecule has 1 aromatic heterocycles. The van der Waals surface area contributed by atoms with Crippen LogP contribution >= 0.6 is 11.6 Å². The minimum absolute atomic E-state index is 0.108. The number of methoxy groups -OCH3 is 1. The third-order valence-electron chi connectivity index (χ3n) is 3.65. The van der Waals surface area contributed by atoms with Gasteiger partial charge in [-0.25, -0.2) is 0 Å². The van der Waals surface area contributed by atoms with Crippen LogP contribution in [0.4, 0.5) is 0 Å². The first-order valence-electron chi connectivity index (χ1n) is 5.76. The van der Waals surface area contributed by atoms with Gasteiger partial charge in [-0.3, -0.25) is 9.48 Å². The van der Waals surface area contributed by atoms with E-state index in [1.54, 1.807) is 11.8 Å². The molecule has 4 nitrogen and oxygen atoms in total. The van der Waals surface area contributed by atoms with Crippen LogP contribution in [-0.2, 0) is 23.0 Å². The van der Waals surface area contributed by atoms with E-state index in [2.05, 4.69) is 5.10 Å². The molecule has 1 aliphatic carbocycles. The maximum Gasteiger partial charge on any atom is 0.170 e. The van der Waals surface area contributed by atoms with Crippen molar-refractivity contribution in [1.29, 1.82) is 0 Å². The minimum Gasteiger partial charge on any atom is -0.370 e. The molecule has 2 rings (SSSR count). The van der Waals surface area contributed by atoms with E-state index in [0.29, 0.717) is 11.4 Å². The lowest BCUT2D eigenvalue weighted by Crippen LogP contribution is -2.48. The highest BCUT2D eigenvalue weighted by Crippen LogP contribution is 2.37. The van der Waals surface area contributed by atoms with Gasteiger partial charge in [0.15, 0.2) is 5.78 Å². The summed E-state index contributed by atoms with van der Waals surface area (Å²) >= 11 is 6.14. The summed E-state index contributed by atoms with van der Waals surface area (Å²) in [6.07, 6.45) is 2.98. The van der Waals surface area contributed by atoms with Crippen molar-refractivity contribution in [2.45, 2.75) is 38.2 Å². The highest BCUT2D eigenvalue weighted by atomic mass is 35.5. The van der Waals surface area contributed by atoms with Gasteiger partial charge >= 0.3 is 0 Å². The van der Waals surface area contributed by atoms with Crippen molar-refractivity contribution in [2.75, 3.05) is 7.11 Å². The number of aryl methyl sites for hydroxylation is 2. The van der Waals surface area contributed by atoms with Gasteiger partial charge in [-0.2, -0.15) is 5.10 Å². The number of rotatable bonds is 4. The lowest BCUT2D eigenvalue weighted by molar-refractivity contribution is -0.151. The first-order chi connectivity index (χ1) is 8.00. The molecule has 0 saturated heterocycles. The van der Waals surface area contributed by atoms with Gasteiger partial charge in [-0.15, -0.1) is 0 Å². The summed E-state index contributed by atoms with van der Waals surface area (Å²) < 4.78 is 7.05. The fraction of sp³-hybridized carbons (Fsp3) is 0.667. The van der Waals surface area contributed by atoms with Crippen molar-refractivity contribution < 1.29 is 9.53 Å². The van der Waals surface area contributed by atoms with E-state index in [0.717, 1.165) is 30.7 Å². The Bertz CT molecular complexity index is 444. The number of hydrogen-bond donors (Lipinski definition) is 0. The van der Waals surface area contributed by atoms with E-state index in [1.165, 1.54) is 0 Å². The molecule has 1 aromatic rings. The van der Waals surface area contributed by atoms with Gasteiger partial charge in [-0.05, 0) is 26.2 Å². The molecule has 94 valence electrons. The van der Waals surface area contributed by atoms with Gasteiger partial charge in [-0.1, -0.05) is 11.6 Å². The van der Waals surface area contributed by atoms with E-state index in [-0.39, 0.29) is 5.78 Å². The second-order valence-electron chi connectivity index (χ2n) is 4.62. The smallest absolute Gasteiger partial charge is 0.170 e. The fourth-order valence-electron chi connectivity index (χ4n) is 2.28. The topological polar surface area (TPSA) is 44.1 Å². The van der Waals surface area contributed by atoms with E-state index in [9.17, 15) is 4.79 Å². The Morgan fingerprint density at radius 2 is 2.24 bits per heavy atom. The molecule has 1 saturated carbocycles. The van der Waals surface area contributed by atoms with Gasteiger partial charge in [0.25, 0.3) is 0 Å². The summed E-state index contributed by atoms with van der Waals surface area (Å²) in [7, 11) is 3.41. The molecule has 17 heavy (non-hydrogen) atoms. The van der Waals surface area contributed by atoms with Crippen LogP contribution in [0.1, 0.15) is 30.7 Å². The van der Waals surface area contributed by atoms with Gasteiger partial charge in [0, 0.05) is 14.2 Å². The second kappa shape index (κ2) is 4.42. The Morgan fingerprint density at radius 1 is 1.59 bits per heavy atom. The number of carbonyl (C=O) groups excluding carboxylic acids is 1. The number of ether oxygens (including phenoxy) is 1. The van der Waals surface area contributed by atoms with Gasteiger partial charge in [0.1, 0.15) is 5.60 Å². The van der Waals surface area contributed by atoms with E-state index >= 15 is 0 Å². The second-order valence-corrected chi connectivity index (χ2v) is 5.00. The molecular formula is C12H17ClN2O2. The Morgan fingerprint density at radius 3 is 2.59 bits per heavy atom. The van der Waals surface area contributed by atoms with E-state index in [1.807, 2.05) is 14.0 Å². The minimum atomic E-state index is -0.568. The van der Waals surface area contributed by atoms with Crippen LogP contribution in [0.5, 0.6) is 0 Å². The lowest BCUT2D eigenvalue weighted by atomic mass is 9.75. The number of halogens is 1. The van der Waals surface area contributed by atoms with Crippen LogP contribution in [-0.4, -0.2) is 28.3 Å². The first-order valence-corrected chi connectivity index (χ1v) is 6.14. The number of carbonyl (C=O) groups is 1. The Labute approximate surface area is 106 Å². The van der Waals surface area contributed by atoms with Crippen LogP contribution < -0.4 is 0 Å². The Balaban J connectivity index is 2.18. The molecule has 0 unspecified atom stereocenters. The number of Topliss-reactive ketones (excluding diaryl/α,β-unsaturated/α-hetero) is 1. The quantitative estimate of drug-likeness (QED) is 0.828. The first kappa shape index (κ1) is 12.6. The highest BCUT2D eigenvalue weighted by molar-refractivity contribution is 6.32. The molecular weight excluding hydrogens is 240 g/mol. The average Bonchev–Trinajstić information content (AvgIpc) is 2.44. The van der Waals surface area contributed by atoms with Crippen molar-refractivity contribution in [1.82, 2.24) is 9.78 Å². The molecule has 0 spiro atoms. The van der Waals surface area contributed by atoms with Crippen molar-refractivity contribution in [3.8, 4) is 0 Å². The number of ketones is 1. The van der Waals surface area contributed by atoms with Crippen molar-refractivity contribution in [3.63, 3.8) is 0 Å². The molecule has 0 radical (unpaired) electrons. The third kappa shape index (κ3) is 2.00. The molecule has 5 heteroatoms. The maximum absolute atomic E-state index is 12.2. The summed E-state index contributed by atoms with van der Waals surface area (Å²) in [4.78, 5) is 12.2. The SMILES string of the molecule is COC1(C(=O)Cc2c(Cl)c(C)nn2C)CCC1. The zero-order chi connectivity index (χ0) is 12.6. The molecule has 1 aliphatic rings. The van der Waals surface area contributed by atoms with Crippen LogP contribution in [0.15, 0.2) is 0 Å². The molecule has 1 fully saturated rings. The normalized spacial score (nSPS) is 17.9. The zero-order valence-electron chi connectivity index (χ0n) is 10.4. The van der Waals surface area contributed by atoms with Crippen LogP contribution in [0.25, 0.3) is 0 Å². The summed E-state index contributed by atoms with van der Waals surface area (Å²) in [6, 6.07) is 0. The largest absolute Gasteiger partial charge is 0.370 e. The van der Waals surface area contributed by atoms with Gasteiger partial charge < -0.3 is 4.74 Å². The highest BCUT2D eigenvalue weighted by Gasteiger charge is 2.44. The standard InChI is InChI=1S/C12H17ClN2O2/c1-8-11(13)9(15(2)14-8)7-10(16)12(17-3)5-4-6-12/h4-7H2,1-3H3. The zero-order valence-corrected chi connectivity index (χ0v) is 11.2. The lowest BCUT2D eigenvalue weighted by Gasteiger charge is -2.38. The van der Waals surface area contributed by atoms with E-state index in [4.69, 9.17) is 16.3 Å². The maximum atomic E-state index is 12.2. The molecule has 0 bridgehead atoms. The molecule has 0 aliphatic heterocycles. The monoisotopic (exact) mass is 256 g/mol. The third-order valence-corrected chi connectivity index (χ3v) is 4.14. The molecule has 0 aromatic carbocycles. The summed E-state index contributed by atoms with van der Waals surface area (Å²) in [5.41, 5.74) is 0.969. The Hall–Kier alpha value is -0.870. The average molecular weight is 257 g/mol. The summed E-state index contributed by atoms with van der Waals surface area (Å²) in [6.45, 7) is 1.84. The van der Waals surface area contributed by atoms with Crippen molar-refractivity contribution >= 4 is 17.4 Å². The van der Waals surface area contributed by atoms with Gasteiger partial charge in [0.05, 0.1) is 22.8 Å². The predicted molar refractivity (Wildman–Crippen MR) is 65.3 cm³/mol. The summed E-state index contributed by atoms with van der Waals surface area (Å²) in [5.74, 6) is 0.108. The molecule has 0 atom stereocenters. The molecule has 0 amide bonds. The fourth-order valence-corrected chi connectivity index (χ4v) is 2.51. The van der Waals surface area contributed by atoms with E-state index < -0.39 is 5.60 Å². The van der Waals surface area contributed by atoms with Gasteiger partial charge in [0.2, 0.25) is 0 Å². The number of hydrogen-bond acceptors (Lipinski definition) is 3. The molecule has 1 heterocycles. The van der Waals surface area contributed by atoms with Crippen LogP contribution in [0.2, 0.25) is 5.02 Å². The predicted octanol–water partition coefficient (Wildman–Crippen LogP) is 2.06. The van der Waals surface area contributed by atoms with Crippen LogP contribution in [0.3, 0.4) is 0 Å². The number of aromatic nitrogens is 2. The number of nitrogens with zero attached hydrogens (tertiary/aromatic N) is 2. The van der Waals surface area contributed by atoms with Crippen LogP contribution in [0, 0.1) is 6.92 Å². The van der Waals surface area contributed by atoms with Crippen molar-refractivity contribution in [2.24, 2.45) is 7.05 Å². The summed E-state index contributed by atoms with van der Waals surface area (Å²) in [5, 5.41) is 4.80. The Kier molecular flexibility index (Phi) is 3.27. The molecule has 0 N–H and O–H groups in total.